The summed E-state index contributed by atoms with van der Waals surface area (Å²) in [5, 5.41) is 10.1. The second kappa shape index (κ2) is 9.30. The summed E-state index contributed by atoms with van der Waals surface area (Å²) in [6, 6.07) is 56.1. The second-order valence-electron chi connectivity index (χ2n) is 12.7. The zero-order valence-electron chi connectivity index (χ0n) is 24.9. The lowest BCUT2D eigenvalue weighted by Crippen LogP contribution is -2.15. The van der Waals surface area contributed by atoms with Gasteiger partial charge in [0.1, 0.15) is 0 Å². The number of benzene rings is 8. The maximum atomic E-state index is 2.44. The van der Waals surface area contributed by atoms with Gasteiger partial charge in [0.25, 0.3) is 0 Å². The fourth-order valence-corrected chi connectivity index (χ4v) is 7.37. The lowest BCUT2D eigenvalue weighted by molar-refractivity contribution is 0.662. The van der Waals surface area contributed by atoms with Crippen LogP contribution in [0.4, 0.5) is 17.1 Å². The van der Waals surface area contributed by atoms with Crippen LogP contribution in [0.3, 0.4) is 0 Å². The standard InChI is InChI=1S/C43H31N/c1-43(2)41-26-33-14-8-7-13-32(33)24-39(41)40-25-34-17-20-38(23-35(34)27-42(40)43)44(36-18-15-28-9-3-5-11-30(28)21-36)37-19-16-29-10-4-6-12-31(29)22-37/h3-27H,1-2H3. The van der Waals surface area contributed by atoms with Gasteiger partial charge >= 0.3 is 0 Å². The quantitative estimate of drug-likeness (QED) is 0.207. The van der Waals surface area contributed by atoms with Crippen LogP contribution in [0.2, 0.25) is 0 Å². The molecule has 208 valence electrons. The van der Waals surface area contributed by atoms with E-state index in [1.807, 2.05) is 0 Å². The van der Waals surface area contributed by atoms with E-state index >= 15 is 0 Å². The van der Waals surface area contributed by atoms with E-state index in [0.29, 0.717) is 0 Å². The van der Waals surface area contributed by atoms with Gasteiger partial charge < -0.3 is 4.90 Å². The minimum atomic E-state index is -0.0741. The Labute approximate surface area is 257 Å². The van der Waals surface area contributed by atoms with Gasteiger partial charge in [0.05, 0.1) is 0 Å². The van der Waals surface area contributed by atoms with Crippen molar-refractivity contribution in [2.45, 2.75) is 19.3 Å². The van der Waals surface area contributed by atoms with Crippen molar-refractivity contribution >= 4 is 60.2 Å². The van der Waals surface area contributed by atoms with Gasteiger partial charge in [-0.1, -0.05) is 105 Å². The average molecular weight is 562 g/mol. The Kier molecular flexibility index (Phi) is 5.31. The van der Waals surface area contributed by atoms with Crippen molar-refractivity contribution in [3.8, 4) is 11.1 Å². The Hall–Kier alpha value is -5.40. The first-order valence-electron chi connectivity index (χ1n) is 15.4. The van der Waals surface area contributed by atoms with E-state index in [-0.39, 0.29) is 5.41 Å². The van der Waals surface area contributed by atoms with Crippen LogP contribution in [0.1, 0.15) is 25.0 Å². The summed E-state index contributed by atoms with van der Waals surface area (Å²) < 4.78 is 0. The van der Waals surface area contributed by atoms with Crippen LogP contribution in [0.15, 0.2) is 152 Å². The van der Waals surface area contributed by atoms with Crippen LogP contribution < -0.4 is 4.90 Å². The molecule has 0 heterocycles. The topological polar surface area (TPSA) is 3.24 Å². The molecule has 9 rings (SSSR count). The van der Waals surface area contributed by atoms with Crippen LogP contribution in [0, 0.1) is 0 Å². The van der Waals surface area contributed by atoms with Crippen LogP contribution in [-0.4, -0.2) is 0 Å². The minimum Gasteiger partial charge on any atom is -0.310 e. The van der Waals surface area contributed by atoms with Crippen LogP contribution >= 0.6 is 0 Å². The predicted octanol–water partition coefficient (Wildman–Crippen LogP) is 12.1. The normalized spacial score (nSPS) is 13.4. The Bertz CT molecular complexity index is 2350. The SMILES string of the molecule is CC1(C)c2cc3ccccc3cc2-c2cc3ccc(N(c4ccc5ccccc5c4)c4ccc5ccccc5c4)cc3cc21. The van der Waals surface area contributed by atoms with Gasteiger partial charge in [-0.05, 0) is 126 Å². The summed E-state index contributed by atoms with van der Waals surface area (Å²) in [4.78, 5) is 2.40. The van der Waals surface area contributed by atoms with E-state index in [9.17, 15) is 0 Å². The van der Waals surface area contributed by atoms with Crippen molar-refractivity contribution in [3.63, 3.8) is 0 Å². The number of hydrogen-bond donors (Lipinski definition) is 0. The summed E-state index contributed by atoms with van der Waals surface area (Å²) in [6.07, 6.45) is 0. The number of anilines is 3. The molecular weight excluding hydrogens is 530 g/mol. The fourth-order valence-electron chi connectivity index (χ4n) is 7.37. The third kappa shape index (κ3) is 3.79. The molecule has 0 aliphatic heterocycles. The fraction of sp³-hybridized carbons (Fsp3) is 0.0698. The molecule has 8 aromatic carbocycles. The zero-order valence-corrected chi connectivity index (χ0v) is 24.9. The van der Waals surface area contributed by atoms with E-state index in [0.717, 1.165) is 17.1 Å². The van der Waals surface area contributed by atoms with Crippen LogP contribution in [0.25, 0.3) is 54.2 Å². The van der Waals surface area contributed by atoms with Gasteiger partial charge in [-0.15, -0.1) is 0 Å². The lowest BCUT2D eigenvalue weighted by atomic mass is 9.81. The molecule has 0 aromatic heterocycles. The highest BCUT2D eigenvalue weighted by molar-refractivity contribution is 6.00. The van der Waals surface area contributed by atoms with E-state index in [4.69, 9.17) is 0 Å². The molecule has 1 heteroatoms. The molecule has 1 aliphatic carbocycles. The van der Waals surface area contributed by atoms with Crippen LogP contribution in [0.5, 0.6) is 0 Å². The smallest absolute Gasteiger partial charge is 0.0468 e. The number of hydrogen-bond acceptors (Lipinski definition) is 1. The molecule has 1 aliphatic rings. The highest BCUT2D eigenvalue weighted by atomic mass is 15.1. The van der Waals surface area contributed by atoms with Gasteiger partial charge in [0.2, 0.25) is 0 Å². The zero-order chi connectivity index (χ0) is 29.4. The first kappa shape index (κ1) is 25.1. The van der Waals surface area contributed by atoms with Crippen molar-refractivity contribution in [1.82, 2.24) is 0 Å². The third-order valence-electron chi connectivity index (χ3n) is 9.72. The summed E-state index contributed by atoms with van der Waals surface area (Å²) in [6.45, 7) is 4.75. The van der Waals surface area contributed by atoms with Gasteiger partial charge in [-0.25, -0.2) is 0 Å². The maximum Gasteiger partial charge on any atom is 0.0468 e. The Morgan fingerprint density at radius 1 is 0.341 bits per heavy atom. The van der Waals surface area contributed by atoms with E-state index in [1.54, 1.807) is 0 Å². The molecule has 0 bridgehead atoms. The number of fused-ring (bicyclic) bond motifs is 7. The molecule has 0 fully saturated rings. The van der Waals surface area contributed by atoms with Gasteiger partial charge in [0.15, 0.2) is 0 Å². The molecule has 0 saturated heterocycles. The average Bonchev–Trinajstić information content (AvgIpc) is 3.27. The van der Waals surface area contributed by atoms with Crippen molar-refractivity contribution < 1.29 is 0 Å². The maximum absolute atomic E-state index is 2.44. The Morgan fingerprint density at radius 2 is 0.682 bits per heavy atom. The van der Waals surface area contributed by atoms with Crippen molar-refractivity contribution in [2.24, 2.45) is 0 Å². The Balaban J connectivity index is 1.24. The molecule has 1 nitrogen and oxygen atoms in total. The van der Waals surface area contributed by atoms with E-state index < -0.39 is 0 Å². The molecule has 8 aromatic rings. The van der Waals surface area contributed by atoms with E-state index in [1.165, 1.54) is 65.3 Å². The first-order valence-corrected chi connectivity index (χ1v) is 15.4. The highest BCUT2D eigenvalue weighted by Gasteiger charge is 2.36. The van der Waals surface area contributed by atoms with Gasteiger partial charge in [-0.3, -0.25) is 0 Å². The molecular formula is C43H31N. The molecule has 0 atom stereocenters. The van der Waals surface area contributed by atoms with Crippen molar-refractivity contribution in [2.75, 3.05) is 4.90 Å². The number of nitrogens with zero attached hydrogens (tertiary/aromatic N) is 1. The first-order chi connectivity index (χ1) is 21.5. The predicted molar refractivity (Wildman–Crippen MR) is 189 cm³/mol. The molecule has 0 amide bonds. The molecule has 0 unspecified atom stereocenters. The monoisotopic (exact) mass is 561 g/mol. The summed E-state index contributed by atoms with van der Waals surface area (Å²) in [5.41, 5.74) is 8.92. The number of rotatable bonds is 3. The largest absolute Gasteiger partial charge is 0.310 e. The van der Waals surface area contributed by atoms with Crippen LogP contribution in [-0.2, 0) is 5.41 Å². The lowest BCUT2D eigenvalue weighted by Gasteiger charge is -2.27. The summed E-state index contributed by atoms with van der Waals surface area (Å²) >= 11 is 0. The minimum absolute atomic E-state index is 0.0741. The van der Waals surface area contributed by atoms with Crippen molar-refractivity contribution in [1.29, 1.82) is 0 Å². The molecule has 0 N–H and O–H groups in total. The molecule has 0 radical (unpaired) electrons. The highest BCUT2D eigenvalue weighted by Crippen LogP contribution is 2.51. The molecule has 44 heavy (non-hydrogen) atoms. The molecule has 0 saturated carbocycles. The third-order valence-corrected chi connectivity index (χ3v) is 9.72. The van der Waals surface area contributed by atoms with E-state index in [2.05, 4.69) is 170 Å². The van der Waals surface area contributed by atoms with Gasteiger partial charge in [0, 0.05) is 22.5 Å². The molecule has 0 spiro atoms. The van der Waals surface area contributed by atoms with Crippen molar-refractivity contribution in [3.05, 3.63) is 163 Å². The summed E-state index contributed by atoms with van der Waals surface area (Å²) in [5.74, 6) is 0. The second-order valence-corrected chi connectivity index (χ2v) is 12.7. The summed E-state index contributed by atoms with van der Waals surface area (Å²) in [7, 11) is 0. The van der Waals surface area contributed by atoms with Gasteiger partial charge in [-0.2, -0.15) is 0 Å². The Morgan fingerprint density at radius 3 is 1.18 bits per heavy atom.